The lowest BCUT2D eigenvalue weighted by molar-refractivity contribution is 0.0741. The molecule has 0 saturated heterocycles. The van der Waals surface area contributed by atoms with Crippen molar-refractivity contribution in [2.24, 2.45) is 0 Å². The van der Waals surface area contributed by atoms with Gasteiger partial charge in [0, 0.05) is 12.7 Å². The molecule has 110 valence electrons. The molecule has 1 aromatic carbocycles. The molecular weight excluding hydrogens is 264 g/mol. The summed E-state index contributed by atoms with van der Waals surface area (Å²) in [5, 5.41) is 9.34. The second-order valence-corrected chi connectivity index (χ2v) is 5.27. The zero-order valence-corrected chi connectivity index (χ0v) is 12.8. The number of rotatable bonds is 3. The monoisotopic (exact) mass is 284 g/mol. The summed E-state index contributed by atoms with van der Waals surface area (Å²) in [5.41, 5.74) is 3.23. The van der Waals surface area contributed by atoms with Gasteiger partial charge in [0.2, 0.25) is 0 Å². The quantitative estimate of drug-likeness (QED) is 0.941. The van der Waals surface area contributed by atoms with E-state index >= 15 is 0 Å². The summed E-state index contributed by atoms with van der Waals surface area (Å²) < 4.78 is 0. The van der Waals surface area contributed by atoms with Crippen molar-refractivity contribution in [3.05, 3.63) is 58.9 Å². The van der Waals surface area contributed by atoms with E-state index < -0.39 is 0 Å². The first-order valence-electron chi connectivity index (χ1n) is 6.90. The second kappa shape index (κ2) is 5.95. The Hall–Kier alpha value is -2.36. The first-order valence-corrected chi connectivity index (χ1v) is 6.90. The third-order valence-electron chi connectivity index (χ3n) is 3.73. The summed E-state index contributed by atoms with van der Waals surface area (Å²) in [7, 11) is 1.78. The normalized spacial score (nSPS) is 12.0. The Morgan fingerprint density at radius 1 is 1.14 bits per heavy atom. The van der Waals surface area contributed by atoms with Crippen LogP contribution in [0.2, 0.25) is 0 Å². The summed E-state index contributed by atoms with van der Waals surface area (Å²) in [4.78, 5) is 18.6. The number of benzene rings is 1. The van der Waals surface area contributed by atoms with E-state index in [1.54, 1.807) is 24.1 Å². The van der Waals surface area contributed by atoms with Crippen LogP contribution in [0.25, 0.3) is 0 Å². The number of hydrogen-bond acceptors (Lipinski definition) is 3. The van der Waals surface area contributed by atoms with Crippen LogP contribution in [0.4, 0.5) is 0 Å². The molecule has 2 aromatic rings. The van der Waals surface area contributed by atoms with Gasteiger partial charge in [0.05, 0.1) is 17.3 Å². The van der Waals surface area contributed by atoms with Crippen LogP contribution in [0.15, 0.2) is 36.4 Å². The molecule has 0 fully saturated rings. The van der Waals surface area contributed by atoms with Gasteiger partial charge in [0.25, 0.3) is 5.91 Å². The predicted molar refractivity (Wildman–Crippen MR) is 82.3 cm³/mol. The molecule has 1 unspecified atom stereocenters. The summed E-state index contributed by atoms with van der Waals surface area (Å²) in [6.07, 6.45) is 0. The van der Waals surface area contributed by atoms with Crippen molar-refractivity contribution in [2.75, 3.05) is 7.05 Å². The van der Waals surface area contributed by atoms with Gasteiger partial charge in [-0.3, -0.25) is 9.78 Å². The topological polar surface area (TPSA) is 53.4 Å². The van der Waals surface area contributed by atoms with Crippen molar-refractivity contribution in [1.82, 2.24) is 9.88 Å². The highest BCUT2D eigenvalue weighted by Crippen LogP contribution is 2.23. The number of carbonyl (C=O) groups excluding carboxylic acids is 1. The Labute approximate surface area is 125 Å². The molecule has 0 saturated carbocycles. The Morgan fingerprint density at radius 2 is 1.76 bits per heavy atom. The van der Waals surface area contributed by atoms with E-state index in [2.05, 4.69) is 4.98 Å². The predicted octanol–water partition coefficient (Wildman–Crippen LogP) is 3.24. The molecule has 4 heteroatoms. The first-order chi connectivity index (χ1) is 9.90. The van der Waals surface area contributed by atoms with Crippen molar-refractivity contribution in [3.8, 4) is 5.75 Å². The van der Waals surface area contributed by atoms with Gasteiger partial charge in [0.15, 0.2) is 0 Å². The van der Waals surface area contributed by atoms with Crippen LogP contribution in [-0.2, 0) is 0 Å². The van der Waals surface area contributed by atoms with Gasteiger partial charge in [-0.2, -0.15) is 0 Å². The van der Waals surface area contributed by atoms with Crippen LogP contribution in [0.5, 0.6) is 5.75 Å². The van der Waals surface area contributed by atoms with E-state index in [9.17, 15) is 9.90 Å². The fourth-order valence-corrected chi connectivity index (χ4v) is 2.25. The average molecular weight is 284 g/mol. The summed E-state index contributed by atoms with van der Waals surface area (Å²) in [5.74, 6) is 0.166. The SMILES string of the molecule is Cc1ccc(C(=O)N(C)C(C)c2ccc(O)cc2)c(C)n1. The number of pyridine rings is 1. The van der Waals surface area contributed by atoms with Gasteiger partial charge in [-0.1, -0.05) is 12.1 Å². The van der Waals surface area contributed by atoms with Gasteiger partial charge in [0.1, 0.15) is 5.75 Å². The second-order valence-electron chi connectivity index (χ2n) is 5.27. The highest BCUT2D eigenvalue weighted by atomic mass is 16.3. The van der Waals surface area contributed by atoms with Crippen LogP contribution >= 0.6 is 0 Å². The number of nitrogens with zero attached hydrogens (tertiary/aromatic N) is 2. The van der Waals surface area contributed by atoms with Gasteiger partial charge < -0.3 is 10.0 Å². The zero-order valence-electron chi connectivity index (χ0n) is 12.8. The number of aromatic nitrogens is 1. The molecule has 1 heterocycles. The fraction of sp³-hybridized carbons (Fsp3) is 0.294. The molecule has 0 aliphatic carbocycles. The Balaban J connectivity index is 2.24. The third-order valence-corrected chi connectivity index (χ3v) is 3.73. The third kappa shape index (κ3) is 3.21. The van der Waals surface area contributed by atoms with E-state index in [-0.39, 0.29) is 17.7 Å². The lowest BCUT2D eigenvalue weighted by Gasteiger charge is -2.26. The van der Waals surface area contributed by atoms with E-state index in [1.165, 1.54) is 0 Å². The Bertz CT molecular complexity index is 650. The van der Waals surface area contributed by atoms with Gasteiger partial charge in [-0.25, -0.2) is 0 Å². The van der Waals surface area contributed by atoms with Crippen LogP contribution in [0, 0.1) is 13.8 Å². The number of phenols is 1. The van der Waals surface area contributed by atoms with Gasteiger partial charge in [-0.05, 0) is 50.6 Å². The van der Waals surface area contributed by atoms with E-state index in [1.807, 2.05) is 45.0 Å². The van der Waals surface area contributed by atoms with E-state index in [0.717, 1.165) is 17.0 Å². The summed E-state index contributed by atoms with van der Waals surface area (Å²) in [6.45, 7) is 5.71. The molecule has 1 aromatic heterocycles. The minimum absolute atomic E-state index is 0.0550. The highest BCUT2D eigenvalue weighted by molar-refractivity contribution is 5.95. The smallest absolute Gasteiger partial charge is 0.255 e. The van der Waals surface area contributed by atoms with E-state index in [0.29, 0.717) is 5.56 Å². The highest BCUT2D eigenvalue weighted by Gasteiger charge is 2.20. The maximum atomic E-state index is 12.6. The molecule has 2 rings (SSSR count). The maximum Gasteiger partial charge on any atom is 0.255 e. The van der Waals surface area contributed by atoms with Crippen LogP contribution in [-0.4, -0.2) is 27.9 Å². The first kappa shape index (κ1) is 15.0. The number of phenolic OH excluding ortho intramolecular Hbond substituents is 1. The number of carbonyl (C=O) groups is 1. The molecule has 0 aliphatic heterocycles. The molecular formula is C17H20N2O2. The van der Waals surface area contributed by atoms with Crippen molar-refractivity contribution < 1.29 is 9.90 Å². The molecule has 1 N–H and O–H groups in total. The van der Waals surface area contributed by atoms with Gasteiger partial charge >= 0.3 is 0 Å². The number of amides is 1. The molecule has 0 bridgehead atoms. The van der Waals surface area contributed by atoms with Crippen LogP contribution in [0.1, 0.15) is 40.3 Å². The molecule has 0 aliphatic rings. The maximum absolute atomic E-state index is 12.6. The van der Waals surface area contributed by atoms with E-state index in [4.69, 9.17) is 0 Å². The lowest BCUT2D eigenvalue weighted by atomic mass is 10.1. The minimum Gasteiger partial charge on any atom is -0.508 e. The number of aromatic hydroxyl groups is 1. The standard InChI is InChI=1S/C17H20N2O2/c1-11-5-10-16(12(2)18-11)17(21)19(4)13(3)14-6-8-15(20)9-7-14/h5-10,13,20H,1-4H3. The fourth-order valence-electron chi connectivity index (χ4n) is 2.25. The molecule has 4 nitrogen and oxygen atoms in total. The molecule has 1 atom stereocenters. The molecule has 21 heavy (non-hydrogen) atoms. The Morgan fingerprint density at radius 3 is 2.33 bits per heavy atom. The van der Waals surface area contributed by atoms with Crippen LogP contribution < -0.4 is 0 Å². The zero-order chi connectivity index (χ0) is 15.6. The summed E-state index contributed by atoms with van der Waals surface area (Å²) in [6, 6.07) is 10.5. The molecule has 0 spiro atoms. The number of hydrogen-bond donors (Lipinski definition) is 1. The number of aryl methyl sites for hydroxylation is 2. The minimum atomic E-state index is -0.0844. The molecule has 1 amide bonds. The molecule has 0 radical (unpaired) electrons. The van der Waals surface area contributed by atoms with Gasteiger partial charge in [-0.15, -0.1) is 0 Å². The largest absolute Gasteiger partial charge is 0.508 e. The van der Waals surface area contributed by atoms with Crippen molar-refractivity contribution >= 4 is 5.91 Å². The van der Waals surface area contributed by atoms with Crippen LogP contribution in [0.3, 0.4) is 0 Å². The van der Waals surface area contributed by atoms with Crippen molar-refractivity contribution in [3.63, 3.8) is 0 Å². The average Bonchev–Trinajstić information content (AvgIpc) is 2.46. The van der Waals surface area contributed by atoms with Crippen molar-refractivity contribution in [1.29, 1.82) is 0 Å². The lowest BCUT2D eigenvalue weighted by Crippen LogP contribution is -2.30. The Kier molecular flexibility index (Phi) is 4.26. The van der Waals surface area contributed by atoms with Crippen molar-refractivity contribution in [2.45, 2.75) is 26.8 Å². The summed E-state index contributed by atoms with van der Waals surface area (Å²) >= 11 is 0.